The topological polar surface area (TPSA) is 78.5 Å². The molecule has 0 unspecified atom stereocenters. The third-order valence-electron chi connectivity index (χ3n) is 5.00. The molecule has 0 aromatic heterocycles. The summed E-state index contributed by atoms with van der Waals surface area (Å²) in [5, 5.41) is 5.67. The Balaban J connectivity index is 1.70. The number of hydrogen-bond donors (Lipinski definition) is 2. The minimum absolute atomic E-state index is 0.00799. The predicted molar refractivity (Wildman–Crippen MR) is 114 cm³/mol. The van der Waals surface area contributed by atoms with Crippen LogP contribution in [0.25, 0.3) is 0 Å². The minimum Gasteiger partial charge on any atom is -0.350 e. The zero-order valence-electron chi connectivity index (χ0n) is 17.1. The van der Waals surface area contributed by atoms with Crippen LogP contribution in [0.2, 0.25) is 0 Å². The van der Waals surface area contributed by atoms with E-state index in [4.69, 9.17) is 0 Å². The van der Waals surface area contributed by atoms with Crippen LogP contribution in [0.3, 0.4) is 0 Å². The van der Waals surface area contributed by atoms with Gasteiger partial charge >= 0.3 is 0 Å². The number of aryl methyl sites for hydroxylation is 1. The molecule has 3 amide bonds. The quantitative estimate of drug-likeness (QED) is 0.790. The van der Waals surface area contributed by atoms with Gasteiger partial charge < -0.3 is 15.5 Å². The third-order valence-corrected chi connectivity index (χ3v) is 5.00. The summed E-state index contributed by atoms with van der Waals surface area (Å²) in [7, 11) is 0. The Morgan fingerprint density at radius 3 is 2.45 bits per heavy atom. The van der Waals surface area contributed by atoms with Crippen LogP contribution in [-0.2, 0) is 16.0 Å². The fraction of sp³-hybridized carbons (Fsp3) is 0.348. The number of nitrogens with one attached hydrogen (secondary N) is 2. The summed E-state index contributed by atoms with van der Waals surface area (Å²) >= 11 is 0. The zero-order valence-corrected chi connectivity index (χ0v) is 17.1. The Morgan fingerprint density at radius 2 is 1.79 bits per heavy atom. The average molecular weight is 393 g/mol. The molecule has 1 heterocycles. The lowest BCUT2D eigenvalue weighted by molar-refractivity contribution is -0.122. The molecule has 0 bridgehead atoms. The Bertz CT molecular complexity index is 906. The molecular weight excluding hydrogens is 366 g/mol. The van der Waals surface area contributed by atoms with E-state index >= 15 is 0 Å². The molecule has 152 valence electrons. The van der Waals surface area contributed by atoms with Gasteiger partial charge in [-0.2, -0.15) is 0 Å². The number of benzene rings is 2. The highest BCUT2D eigenvalue weighted by atomic mass is 16.2. The highest BCUT2D eigenvalue weighted by Crippen LogP contribution is 2.27. The molecule has 0 radical (unpaired) electrons. The van der Waals surface area contributed by atoms with Gasteiger partial charge in [-0.05, 0) is 50.1 Å². The molecule has 6 heteroatoms. The van der Waals surface area contributed by atoms with Crippen LogP contribution in [-0.4, -0.2) is 30.3 Å². The largest absolute Gasteiger partial charge is 0.350 e. The summed E-state index contributed by atoms with van der Waals surface area (Å²) in [5.41, 5.74) is 2.87. The van der Waals surface area contributed by atoms with Gasteiger partial charge in [0.15, 0.2) is 0 Å². The fourth-order valence-electron chi connectivity index (χ4n) is 3.41. The summed E-state index contributed by atoms with van der Waals surface area (Å²) in [4.78, 5) is 39.3. The molecule has 2 N–H and O–H groups in total. The van der Waals surface area contributed by atoms with E-state index in [1.807, 2.05) is 38.1 Å². The summed E-state index contributed by atoms with van der Waals surface area (Å²) in [6.07, 6.45) is 1.09. The molecular formula is C23H27N3O3. The number of carbonyl (C=O) groups excluding carboxylic acids is 3. The van der Waals surface area contributed by atoms with E-state index in [-0.39, 0.29) is 30.2 Å². The standard InChI is InChI=1S/C23H27N3O3/c1-4-16-9-11-18(12-10-16)26-14-17(13-21(26)27)22(28)25-20-8-6-5-7-19(20)23(29)24-15(2)3/h5-12,15,17H,4,13-14H2,1-3H3,(H,24,29)(H,25,28)/t17-/m0/s1. The maximum absolute atomic E-state index is 12.8. The number of rotatable bonds is 6. The van der Waals surface area contributed by atoms with Gasteiger partial charge in [-0.3, -0.25) is 14.4 Å². The van der Waals surface area contributed by atoms with Crippen molar-refractivity contribution >= 4 is 29.1 Å². The first-order valence-corrected chi connectivity index (χ1v) is 9.99. The van der Waals surface area contributed by atoms with Crippen molar-refractivity contribution < 1.29 is 14.4 Å². The van der Waals surface area contributed by atoms with Crippen molar-refractivity contribution in [1.82, 2.24) is 5.32 Å². The second-order valence-corrected chi connectivity index (χ2v) is 7.59. The van der Waals surface area contributed by atoms with Crippen molar-refractivity contribution in [1.29, 1.82) is 0 Å². The molecule has 0 saturated carbocycles. The molecule has 1 fully saturated rings. The zero-order chi connectivity index (χ0) is 21.0. The monoisotopic (exact) mass is 393 g/mol. The van der Waals surface area contributed by atoms with Gasteiger partial charge in [-0.15, -0.1) is 0 Å². The van der Waals surface area contributed by atoms with Gasteiger partial charge in [-0.1, -0.05) is 31.2 Å². The summed E-state index contributed by atoms with van der Waals surface area (Å²) in [6, 6.07) is 14.7. The summed E-state index contributed by atoms with van der Waals surface area (Å²) < 4.78 is 0. The van der Waals surface area contributed by atoms with Crippen LogP contribution in [0.1, 0.15) is 43.1 Å². The molecule has 3 rings (SSSR count). The summed E-state index contributed by atoms with van der Waals surface area (Å²) in [5.74, 6) is -1.03. The van der Waals surface area contributed by atoms with Gasteiger partial charge in [-0.25, -0.2) is 0 Å². The molecule has 6 nitrogen and oxygen atoms in total. The fourth-order valence-corrected chi connectivity index (χ4v) is 3.41. The average Bonchev–Trinajstić information content (AvgIpc) is 3.09. The second kappa shape index (κ2) is 8.90. The smallest absolute Gasteiger partial charge is 0.253 e. The van der Waals surface area contributed by atoms with E-state index in [1.165, 1.54) is 5.56 Å². The van der Waals surface area contributed by atoms with Crippen molar-refractivity contribution in [2.75, 3.05) is 16.8 Å². The Labute approximate surface area is 171 Å². The molecule has 1 aliphatic rings. The van der Waals surface area contributed by atoms with Gasteiger partial charge in [0.2, 0.25) is 11.8 Å². The predicted octanol–water partition coefficient (Wildman–Crippen LogP) is 3.38. The number of amides is 3. The van der Waals surface area contributed by atoms with E-state index in [9.17, 15) is 14.4 Å². The highest BCUT2D eigenvalue weighted by Gasteiger charge is 2.35. The first-order valence-electron chi connectivity index (χ1n) is 9.99. The van der Waals surface area contributed by atoms with Crippen LogP contribution >= 0.6 is 0 Å². The van der Waals surface area contributed by atoms with Gasteiger partial charge in [0, 0.05) is 24.7 Å². The number of nitrogens with zero attached hydrogens (tertiary/aromatic N) is 1. The van der Waals surface area contributed by atoms with E-state index in [0.717, 1.165) is 12.1 Å². The minimum atomic E-state index is -0.463. The van der Waals surface area contributed by atoms with E-state index in [1.54, 1.807) is 29.2 Å². The van der Waals surface area contributed by atoms with Crippen LogP contribution in [0, 0.1) is 5.92 Å². The lowest BCUT2D eigenvalue weighted by Gasteiger charge is -2.18. The Hall–Kier alpha value is -3.15. The number of carbonyl (C=O) groups is 3. The first-order chi connectivity index (χ1) is 13.9. The van der Waals surface area contributed by atoms with Crippen molar-refractivity contribution in [2.45, 2.75) is 39.7 Å². The van der Waals surface area contributed by atoms with Crippen LogP contribution in [0.5, 0.6) is 0 Å². The van der Waals surface area contributed by atoms with Crippen molar-refractivity contribution in [3.8, 4) is 0 Å². The van der Waals surface area contributed by atoms with Gasteiger partial charge in [0.25, 0.3) is 5.91 Å². The number of anilines is 2. The van der Waals surface area contributed by atoms with Crippen molar-refractivity contribution in [3.63, 3.8) is 0 Å². The van der Waals surface area contributed by atoms with Crippen LogP contribution in [0.15, 0.2) is 48.5 Å². The SMILES string of the molecule is CCc1ccc(N2C[C@@H](C(=O)Nc3ccccc3C(=O)NC(C)C)CC2=O)cc1. The summed E-state index contributed by atoms with van der Waals surface area (Å²) in [6.45, 7) is 6.17. The molecule has 1 saturated heterocycles. The molecule has 1 atom stereocenters. The van der Waals surface area contributed by atoms with Gasteiger partial charge in [0.05, 0.1) is 17.2 Å². The maximum atomic E-state index is 12.8. The normalized spacial score (nSPS) is 16.2. The molecule has 2 aromatic carbocycles. The maximum Gasteiger partial charge on any atom is 0.253 e. The number of hydrogen-bond acceptors (Lipinski definition) is 3. The number of para-hydroxylation sites is 1. The molecule has 1 aliphatic heterocycles. The Kier molecular flexibility index (Phi) is 6.32. The van der Waals surface area contributed by atoms with Crippen molar-refractivity contribution in [3.05, 3.63) is 59.7 Å². The molecule has 29 heavy (non-hydrogen) atoms. The first kappa shape index (κ1) is 20.6. The molecule has 0 aliphatic carbocycles. The second-order valence-electron chi connectivity index (χ2n) is 7.59. The van der Waals surface area contributed by atoms with E-state index < -0.39 is 5.92 Å². The highest BCUT2D eigenvalue weighted by molar-refractivity contribution is 6.07. The van der Waals surface area contributed by atoms with Gasteiger partial charge in [0.1, 0.15) is 0 Å². The third kappa shape index (κ3) is 4.83. The Morgan fingerprint density at radius 1 is 1.10 bits per heavy atom. The van der Waals surface area contributed by atoms with Crippen molar-refractivity contribution in [2.24, 2.45) is 5.92 Å². The van der Waals surface area contributed by atoms with E-state index in [2.05, 4.69) is 17.6 Å². The molecule has 0 spiro atoms. The van der Waals surface area contributed by atoms with E-state index in [0.29, 0.717) is 17.8 Å². The lowest BCUT2D eigenvalue weighted by atomic mass is 10.1. The lowest BCUT2D eigenvalue weighted by Crippen LogP contribution is -2.32. The van der Waals surface area contributed by atoms with Crippen LogP contribution < -0.4 is 15.5 Å². The molecule has 2 aromatic rings. The van der Waals surface area contributed by atoms with Crippen LogP contribution in [0.4, 0.5) is 11.4 Å².